The average Bonchev–Trinajstić information content (AvgIpc) is 2.90. The summed E-state index contributed by atoms with van der Waals surface area (Å²) in [6.07, 6.45) is -4.03. The van der Waals surface area contributed by atoms with E-state index in [1.807, 2.05) is 6.92 Å². The molecule has 24 heavy (non-hydrogen) atoms. The number of amides is 1. The maximum atomic E-state index is 13.3. The molecule has 1 unspecified atom stereocenters. The summed E-state index contributed by atoms with van der Waals surface area (Å²) in [6, 6.07) is 8.22. The van der Waals surface area contributed by atoms with Crippen molar-refractivity contribution in [2.24, 2.45) is 5.10 Å². The van der Waals surface area contributed by atoms with Crippen molar-refractivity contribution < 1.29 is 27.8 Å². The normalized spacial score (nSPS) is 20.9. The molecule has 0 aromatic heterocycles. The van der Waals surface area contributed by atoms with Gasteiger partial charge < -0.3 is 9.84 Å². The number of hydrazone groups is 1. The third-order valence-electron chi connectivity index (χ3n) is 3.66. The maximum absolute atomic E-state index is 13.3. The monoisotopic (exact) mass is 344 g/mol. The van der Waals surface area contributed by atoms with Crippen LogP contribution in [0.25, 0.3) is 0 Å². The minimum Gasteiger partial charge on any atom is -0.484 e. The standard InChI is InChI=1S/C16H19F3N2O3/c1-2-3-7-12-10-15(23,16(17,18)19)21(20-12)14(22)11-24-13-8-5-4-6-9-13/h4-6,8-9,23H,2-3,7,10-11H2,1H3. The largest absolute Gasteiger partial charge is 0.484 e. The number of unbranched alkanes of at least 4 members (excludes halogenated alkanes) is 1. The van der Waals surface area contributed by atoms with Crippen LogP contribution in [0.2, 0.25) is 0 Å². The summed E-state index contributed by atoms with van der Waals surface area (Å²) in [6.45, 7) is 1.25. The molecule has 0 saturated carbocycles. The molecule has 8 heteroatoms. The van der Waals surface area contributed by atoms with Crippen molar-refractivity contribution in [3.05, 3.63) is 30.3 Å². The molecule has 0 bridgehead atoms. The van der Waals surface area contributed by atoms with Crippen LogP contribution in [-0.4, -0.2) is 40.2 Å². The highest BCUT2D eigenvalue weighted by Gasteiger charge is 2.63. The van der Waals surface area contributed by atoms with Crippen LogP contribution in [0, 0.1) is 0 Å². The average molecular weight is 344 g/mol. The van der Waals surface area contributed by atoms with Gasteiger partial charge in [-0.3, -0.25) is 4.79 Å². The second-order valence-electron chi connectivity index (χ2n) is 5.57. The molecule has 0 fully saturated rings. The van der Waals surface area contributed by atoms with E-state index in [1.165, 1.54) is 0 Å². The van der Waals surface area contributed by atoms with Crippen molar-refractivity contribution >= 4 is 11.6 Å². The summed E-state index contributed by atoms with van der Waals surface area (Å²) in [5.41, 5.74) is -3.16. The van der Waals surface area contributed by atoms with Gasteiger partial charge in [0.2, 0.25) is 0 Å². The summed E-state index contributed by atoms with van der Waals surface area (Å²) in [4.78, 5) is 12.1. The Labute approximate surface area is 137 Å². The lowest BCUT2D eigenvalue weighted by Crippen LogP contribution is -2.57. The first-order chi connectivity index (χ1) is 11.3. The highest BCUT2D eigenvalue weighted by atomic mass is 19.4. The second-order valence-corrected chi connectivity index (χ2v) is 5.57. The van der Waals surface area contributed by atoms with Gasteiger partial charge in [0.1, 0.15) is 5.75 Å². The van der Waals surface area contributed by atoms with Crippen LogP contribution in [0.1, 0.15) is 32.6 Å². The van der Waals surface area contributed by atoms with Crippen molar-refractivity contribution in [3.63, 3.8) is 0 Å². The highest BCUT2D eigenvalue weighted by Crippen LogP contribution is 2.41. The minimum absolute atomic E-state index is 0.112. The predicted molar refractivity (Wildman–Crippen MR) is 81.4 cm³/mol. The Morgan fingerprint density at radius 3 is 2.62 bits per heavy atom. The van der Waals surface area contributed by atoms with Crippen molar-refractivity contribution in [2.75, 3.05) is 6.61 Å². The van der Waals surface area contributed by atoms with E-state index in [2.05, 4.69) is 5.10 Å². The smallest absolute Gasteiger partial charge is 0.438 e. The zero-order chi connectivity index (χ0) is 17.8. The molecule has 132 valence electrons. The summed E-state index contributed by atoms with van der Waals surface area (Å²) in [5.74, 6) is -0.707. The van der Waals surface area contributed by atoms with Crippen LogP contribution in [0.5, 0.6) is 5.75 Å². The molecule has 2 rings (SSSR count). The first kappa shape index (κ1) is 18.3. The molecule has 5 nitrogen and oxygen atoms in total. The molecular formula is C16H19F3N2O3. The number of ether oxygens (including phenoxy) is 1. The molecule has 1 heterocycles. The van der Waals surface area contributed by atoms with Gasteiger partial charge in [-0.25, -0.2) is 0 Å². The fourth-order valence-corrected chi connectivity index (χ4v) is 2.34. The van der Waals surface area contributed by atoms with E-state index in [0.29, 0.717) is 18.6 Å². The lowest BCUT2D eigenvalue weighted by molar-refractivity contribution is -0.302. The second kappa shape index (κ2) is 7.21. The van der Waals surface area contributed by atoms with Gasteiger partial charge in [-0.2, -0.15) is 23.3 Å². The van der Waals surface area contributed by atoms with Gasteiger partial charge in [-0.1, -0.05) is 31.5 Å². The van der Waals surface area contributed by atoms with Crippen LogP contribution in [0.4, 0.5) is 13.2 Å². The number of hydrogen-bond donors (Lipinski definition) is 1. The molecule has 1 aliphatic heterocycles. The van der Waals surface area contributed by atoms with Crippen molar-refractivity contribution in [1.29, 1.82) is 0 Å². The van der Waals surface area contributed by atoms with Gasteiger partial charge in [0.15, 0.2) is 6.61 Å². The summed E-state index contributed by atoms with van der Waals surface area (Å²) in [5, 5.41) is 13.9. The molecule has 1 aromatic rings. The Kier molecular flexibility index (Phi) is 5.48. The first-order valence-electron chi connectivity index (χ1n) is 7.64. The van der Waals surface area contributed by atoms with E-state index < -0.39 is 30.8 Å². The molecule has 0 saturated heterocycles. The van der Waals surface area contributed by atoms with Crippen LogP contribution >= 0.6 is 0 Å². The van der Waals surface area contributed by atoms with Gasteiger partial charge in [0.05, 0.1) is 0 Å². The fraction of sp³-hybridized carbons (Fsp3) is 0.500. The zero-order valence-electron chi connectivity index (χ0n) is 13.2. The highest BCUT2D eigenvalue weighted by molar-refractivity contribution is 5.91. The third kappa shape index (κ3) is 3.87. The van der Waals surface area contributed by atoms with Crippen LogP contribution < -0.4 is 4.74 Å². The molecule has 1 amide bonds. The Morgan fingerprint density at radius 2 is 2.04 bits per heavy atom. The molecular weight excluding hydrogens is 325 g/mol. The van der Waals surface area contributed by atoms with Crippen molar-refractivity contribution in [2.45, 2.75) is 44.5 Å². The Morgan fingerprint density at radius 1 is 1.38 bits per heavy atom. The van der Waals surface area contributed by atoms with Gasteiger partial charge in [-0.15, -0.1) is 0 Å². The van der Waals surface area contributed by atoms with E-state index >= 15 is 0 Å². The van der Waals surface area contributed by atoms with Gasteiger partial charge >= 0.3 is 6.18 Å². The van der Waals surface area contributed by atoms with Crippen molar-refractivity contribution in [3.8, 4) is 5.75 Å². The summed E-state index contributed by atoms with van der Waals surface area (Å²) >= 11 is 0. The minimum atomic E-state index is -5.01. The Hall–Kier alpha value is -2.09. The summed E-state index contributed by atoms with van der Waals surface area (Å²) < 4.78 is 44.9. The Balaban J connectivity index is 2.12. The number of carbonyl (C=O) groups excluding carboxylic acids is 1. The lowest BCUT2D eigenvalue weighted by atomic mass is 10.0. The first-order valence-corrected chi connectivity index (χ1v) is 7.64. The lowest BCUT2D eigenvalue weighted by Gasteiger charge is -2.32. The third-order valence-corrected chi connectivity index (χ3v) is 3.66. The topological polar surface area (TPSA) is 62.1 Å². The molecule has 0 aliphatic carbocycles. The molecule has 0 radical (unpaired) electrons. The number of carbonyl (C=O) groups is 1. The zero-order valence-corrected chi connectivity index (χ0v) is 13.2. The van der Waals surface area contributed by atoms with Gasteiger partial charge in [0.25, 0.3) is 11.6 Å². The van der Waals surface area contributed by atoms with E-state index in [-0.39, 0.29) is 10.7 Å². The fourth-order valence-electron chi connectivity index (χ4n) is 2.34. The number of para-hydroxylation sites is 1. The molecule has 1 atom stereocenters. The number of aliphatic hydroxyl groups is 1. The van der Waals surface area contributed by atoms with E-state index in [4.69, 9.17) is 4.74 Å². The summed E-state index contributed by atoms with van der Waals surface area (Å²) in [7, 11) is 0. The molecule has 0 spiro atoms. The van der Waals surface area contributed by atoms with Crippen molar-refractivity contribution in [1.82, 2.24) is 5.01 Å². The SMILES string of the molecule is CCCCC1=NN(C(=O)COc2ccccc2)C(O)(C(F)(F)F)C1. The van der Waals surface area contributed by atoms with Crippen LogP contribution in [0.15, 0.2) is 35.4 Å². The maximum Gasteiger partial charge on any atom is 0.438 e. The van der Waals surface area contributed by atoms with Gasteiger partial charge in [-0.05, 0) is 25.0 Å². The van der Waals surface area contributed by atoms with E-state index in [9.17, 15) is 23.1 Å². The van der Waals surface area contributed by atoms with E-state index in [1.54, 1.807) is 30.3 Å². The number of benzene rings is 1. The Bertz CT molecular complexity index is 604. The molecule has 1 aliphatic rings. The number of alkyl halides is 3. The molecule has 1 N–H and O–H groups in total. The van der Waals surface area contributed by atoms with Crippen LogP contribution in [0.3, 0.4) is 0 Å². The predicted octanol–water partition coefficient (Wildman–Crippen LogP) is 3.09. The number of hydrogen-bond acceptors (Lipinski definition) is 4. The quantitative estimate of drug-likeness (QED) is 0.863. The number of halogens is 3. The molecule has 1 aromatic carbocycles. The van der Waals surface area contributed by atoms with Crippen LogP contribution in [-0.2, 0) is 4.79 Å². The van der Waals surface area contributed by atoms with Gasteiger partial charge in [0, 0.05) is 12.1 Å². The number of rotatable bonds is 6. The number of nitrogens with zero attached hydrogens (tertiary/aromatic N) is 2. The van der Waals surface area contributed by atoms with E-state index in [0.717, 1.165) is 6.42 Å².